The summed E-state index contributed by atoms with van der Waals surface area (Å²) in [5, 5.41) is 7.60. The molecule has 4 heteroatoms. The Hall–Kier alpha value is -0.0505. The quantitative estimate of drug-likeness (QED) is 0.459. The molecule has 0 spiro atoms. The van der Waals surface area contributed by atoms with Crippen molar-refractivity contribution in [2.45, 2.75) is 0 Å². The van der Waals surface area contributed by atoms with E-state index in [4.69, 9.17) is 5.11 Å². The van der Waals surface area contributed by atoms with Crippen LogP contribution in [-0.4, -0.2) is 34.7 Å². The summed E-state index contributed by atoms with van der Waals surface area (Å²) in [4.78, 5) is 9.24. The number of carboxylic acid groups (broad SMARTS) is 1. The summed E-state index contributed by atoms with van der Waals surface area (Å²) in [6, 6.07) is 0. The molecule has 0 atom stereocenters. The Balaban J connectivity index is 0. The van der Waals surface area contributed by atoms with Crippen molar-refractivity contribution in [3.05, 3.63) is 0 Å². The second-order valence-electron chi connectivity index (χ2n) is 0.598. The van der Waals surface area contributed by atoms with Gasteiger partial charge in [-0.3, -0.25) is 4.79 Å². The first-order chi connectivity index (χ1) is 2.27. The minimum atomic E-state index is -0.968. The van der Waals surface area contributed by atoms with Gasteiger partial charge in [-0.15, -0.1) is 0 Å². The number of carboxylic acids is 1. The number of rotatable bonds is 1. The van der Waals surface area contributed by atoms with Crippen LogP contribution < -0.4 is 5.73 Å². The van der Waals surface area contributed by atoms with E-state index in [-0.39, 0.29) is 23.6 Å². The largest absolute Gasteiger partial charge is 0.480 e. The van der Waals surface area contributed by atoms with Gasteiger partial charge < -0.3 is 10.8 Å². The van der Waals surface area contributed by atoms with Crippen molar-refractivity contribution in [2.24, 2.45) is 5.73 Å². The molecule has 0 saturated carbocycles. The summed E-state index contributed by atoms with van der Waals surface area (Å²) in [7, 11) is 0. The van der Waals surface area contributed by atoms with E-state index in [0.29, 0.717) is 0 Å². The standard InChI is InChI=1S/C2H5NO2.Se/c3-1-2(4)5;/h1,3H2,(H,4,5);. The topological polar surface area (TPSA) is 63.3 Å². The van der Waals surface area contributed by atoms with Gasteiger partial charge >= 0.3 is 5.97 Å². The second-order valence-corrected chi connectivity index (χ2v) is 0.598. The molecule has 0 aliphatic rings. The van der Waals surface area contributed by atoms with Crippen LogP contribution in [0.2, 0.25) is 0 Å². The molecule has 0 unspecified atom stereocenters. The van der Waals surface area contributed by atoms with Crippen molar-refractivity contribution < 1.29 is 9.90 Å². The van der Waals surface area contributed by atoms with Crippen LogP contribution >= 0.6 is 0 Å². The molecule has 0 bridgehead atoms. The van der Waals surface area contributed by atoms with Crippen LogP contribution in [0, 0.1) is 0 Å². The first kappa shape index (κ1) is 9.34. The van der Waals surface area contributed by atoms with Gasteiger partial charge in [0, 0.05) is 17.1 Å². The third-order valence-corrected chi connectivity index (χ3v) is 0.175. The van der Waals surface area contributed by atoms with Crippen LogP contribution in [0.15, 0.2) is 0 Å². The molecule has 2 radical (unpaired) electrons. The Bertz CT molecular complexity index is 46.8. The summed E-state index contributed by atoms with van der Waals surface area (Å²) in [6.45, 7) is -0.278. The van der Waals surface area contributed by atoms with Crippen LogP contribution in [0.4, 0.5) is 0 Å². The van der Waals surface area contributed by atoms with Crippen LogP contribution in [0.25, 0.3) is 0 Å². The van der Waals surface area contributed by atoms with Gasteiger partial charge in [0.15, 0.2) is 0 Å². The van der Waals surface area contributed by atoms with E-state index in [2.05, 4.69) is 5.73 Å². The molecule has 3 nitrogen and oxygen atoms in total. The Morgan fingerprint density at radius 1 is 1.83 bits per heavy atom. The number of hydrogen-bond acceptors (Lipinski definition) is 2. The third-order valence-electron chi connectivity index (χ3n) is 0.175. The summed E-state index contributed by atoms with van der Waals surface area (Å²) < 4.78 is 0. The van der Waals surface area contributed by atoms with E-state index in [1.54, 1.807) is 0 Å². The van der Waals surface area contributed by atoms with Gasteiger partial charge in [-0.1, -0.05) is 0 Å². The molecule has 0 saturated heterocycles. The Kier molecular flexibility index (Phi) is 7.71. The molecule has 6 heavy (non-hydrogen) atoms. The van der Waals surface area contributed by atoms with Crippen molar-refractivity contribution >= 4 is 23.0 Å². The fourth-order valence-corrected chi connectivity index (χ4v) is 0. The van der Waals surface area contributed by atoms with Crippen molar-refractivity contribution in [1.82, 2.24) is 0 Å². The molecule has 0 rings (SSSR count). The normalized spacial score (nSPS) is 6.17. The van der Waals surface area contributed by atoms with E-state index >= 15 is 0 Å². The summed E-state index contributed by atoms with van der Waals surface area (Å²) in [6.07, 6.45) is 0. The fourth-order valence-electron chi connectivity index (χ4n) is 0. The average Bonchev–Trinajstić information content (AvgIpc) is 1.38. The van der Waals surface area contributed by atoms with Gasteiger partial charge in [0.05, 0.1) is 6.54 Å². The predicted octanol–water partition coefficient (Wildman–Crippen LogP) is -1.35. The Morgan fingerprint density at radius 2 is 2.00 bits per heavy atom. The van der Waals surface area contributed by atoms with Crippen LogP contribution in [0.5, 0.6) is 0 Å². The number of aliphatic carboxylic acids is 1. The minimum absolute atomic E-state index is 0. The van der Waals surface area contributed by atoms with E-state index in [9.17, 15) is 4.79 Å². The van der Waals surface area contributed by atoms with E-state index in [0.717, 1.165) is 0 Å². The molecule has 0 aromatic heterocycles. The Morgan fingerprint density at radius 3 is 2.00 bits per heavy atom. The first-order valence-electron chi connectivity index (χ1n) is 1.19. The molecule has 0 heterocycles. The molecule has 0 aromatic carbocycles. The van der Waals surface area contributed by atoms with Gasteiger partial charge in [0.25, 0.3) is 0 Å². The first-order valence-corrected chi connectivity index (χ1v) is 1.19. The zero-order valence-corrected chi connectivity index (χ0v) is 4.76. The zero-order valence-electron chi connectivity index (χ0n) is 3.05. The average molecular weight is 154 g/mol. The van der Waals surface area contributed by atoms with Crippen LogP contribution in [-0.2, 0) is 4.79 Å². The van der Waals surface area contributed by atoms with Crippen LogP contribution in [0.1, 0.15) is 0 Å². The maximum absolute atomic E-state index is 9.24. The molecule has 0 amide bonds. The number of nitrogens with two attached hydrogens (primary N) is 1. The van der Waals surface area contributed by atoms with Gasteiger partial charge in [-0.2, -0.15) is 0 Å². The van der Waals surface area contributed by atoms with E-state index in [1.807, 2.05) is 0 Å². The third kappa shape index (κ3) is 9.04. The van der Waals surface area contributed by atoms with Crippen molar-refractivity contribution in [1.29, 1.82) is 0 Å². The minimum Gasteiger partial charge on any atom is -0.480 e. The number of carbonyl (C=O) groups is 1. The monoisotopic (exact) mass is 155 g/mol. The van der Waals surface area contributed by atoms with E-state index < -0.39 is 5.97 Å². The number of hydrogen-bond donors (Lipinski definition) is 2. The maximum atomic E-state index is 9.24. The summed E-state index contributed by atoms with van der Waals surface area (Å²) >= 11 is 0. The predicted molar refractivity (Wildman–Crippen MR) is 22.4 cm³/mol. The molecular weight excluding hydrogens is 149 g/mol. The van der Waals surface area contributed by atoms with Gasteiger partial charge in [0.1, 0.15) is 0 Å². The van der Waals surface area contributed by atoms with Crippen molar-refractivity contribution in [3.63, 3.8) is 0 Å². The molecule has 0 aliphatic carbocycles. The van der Waals surface area contributed by atoms with Gasteiger partial charge in [-0.05, 0) is 0 Å². The summed E-state index contributed by atoms with van der Waals surface area (Å²) in [5.74, 6) is -0.968. The molecular formula is C2H5NO2Se. The molecule has 0 aliphatic heterocycles. The van der Waals surface area contributed by atoms with Crippen LogP contribution in [0.3, 0.4) is 0 Å². The molecule has 3 N–H and O–H groups in total. The smallest absolute Gasteiger partial charge is 0.317 e. The second kappa shape index (κ2) is 4.95. The molecule has 0 aromatic rings. The van der Waals surface area contributed by atoms with E-state index in [1.165, 1.54) is 0 Å². The summed E-state index contributed by atoms with van der Waals surface area (Å²) in [5.41, 5.74) is 4.57. The van der Waals surface area contributed by atoms with Crippen molar-refractivity contribution in [3.8, 4) is 0 Å². The molecule has 0 fully saturated rings. The fraction of sp³-hybridized carbons (Fsp3) is 0.500. The Labute approximate surface area is 46.0 Å². The SMILES string of the molecule is NCC(=O)O.[Se]. The zero-order chi connectivity index (χ0) is 4.28. The van der Waals surface area contributed by atoms with Crippen molar-refractivity contribution in [2.75, 3.05) is 6.54 Å². The maximum Gasteiger partial charge on any atom is 0.317 e. The van der Waals surface area contributed by atoms with Gasteiger partial charge in [0.2, 0.25) is 0 Å². The molecule has 36 valence electrons. The van der Waals surface area contributed by atoms with Gasteiger partial charge in [-0.25, -0.2) is 0 Å².